The fourth-order valence-electron chi connectivity index (χ4n) is 4.55. The highest BCUT2D eigenvalue weighted by Gasteiger charge is 2.45. The molecule has 1 N–H and O–H groups in total. The van der Waals surface area contributed by atoms with Gasteiger partial charge in [-0.1, -0.05) is 31.2 Å². The minimum Gasteiger partial charge on any atom is -0.348 e. The summed E-state index contributed by atoms with van der Waals surface area (Å²) in [5.41, 5.74) is 3.77. The molecule has 0 radical (unpaired) electrons. The average Bonchev–Trinajstić information content (AvgIpc) is 3.15. The molecule has 138 valence electrons. The number of likely N-dealkylation sites (tertiary alicyclic amines) is 1. The molecule has 2 aromatic rings. The maximum atomic E-state index is 13.0. The first-order chi connectivity index (χ1) is 12.7. The predicted octanol–water partition coefficient (Wildman–Crippen LogP) is 3.43. The van der Waals surface area contributed by atoms with E-state index in [1.807, 2.05) is 18.5 Å². The number of nitrogens with zero attached hydrogens (tertiary/aromatic N) is 3. The van der Waals surface area contributed by atoms with Crippen molar-refractivity contribution in [3.63, 3.8) is 0 Å². The second-order valence-electron chi connectivity index (χ2n) is 7.35. The third kappa shape index (κ3) is 3.21. The molecule has 4 nitrogen and oxygen atoms in total. The molecule has 1 aromatic heterocycles. The Morgan fingerprint density at radius 3 is 2.69 bits per heavy atom. The van der Waals surface area contributed by atoms with Crippen molar-refractivity contribution in [2.75, 3.05) is 32.7 Å². The Hall–Kier alpha value is -1.98. The van der Waals surface area contributed by atoms with Gasteiger partial charge in [0.2, 0.25) is 0 Å². The highest BCUT2D eigenvalue weighted by atomic mass is 19.1. The molecule has 1 aromatic carbocycles. The fourth-order valence-corrected chi connectivity index (χ4v) is 4.55. The Kier molecular flexibility index (Phi) is 4.92. The predicted molar refractivity (Wildman–Crippen MR) is 102 cm³/mol. The summed E-state index contributed by atoms with van der Waals surface area (Å²) in [6, 6.07) is 6.65. The van der Waals surface area contributed by atoms with Gasteiger partial charge in [-0.25, -0.2) is 9.37 Å². The van der Waals surface area contributed by atoms with E-state index in [0.717, 1.165) is 57.5 Å². The van der Waals surface area contributed by atoms with Crippen molar-refractivity contribution in [1.29, 1.82) is 0 Å². The standard InChI is InChI=1S/C21H27FN4/c1-2-26-13-9-19-20(24-16-23-19)21(26)10-14-25(15-11-21)12-3-4-17-5-7-18(22)8-6-17/h3-8,16H,2,9-15H2,1H3,(H,23,24). The van der Waals surface area contributed by atoms with Crippen LogP contribution in [0, 0.1) is 5.82 Å². The number of likely N-dealkylation sites (N-methyl/N-ethyl adjacent to an activating group) is 1. The highest BCUT2D eigenvalue weighted by molar-refractivity contribution is 5.49. The number of H-pyrrole nitrogens is 1. The van der Waals surface area contributed by atoms with E-state index in [0.29, 0.717) is 0 Å². The minimum absolute atomic E-state index is 0.111. The topological polar surface area (TPSA) is 35.2 Å². The SMILES string of the molecule is CCN1CCc2[nH]cnc2C12CCN(CC=Cc1ccc(F)cc1)CC2. The van der Waals surface area contributed by atoms with Crippen LogP contribution in [-0.2, 0) is 12.0 Å². The summed E-state index contributed by atoms with van der Waals surface area (Å²) in [5, 5.41) is 0. The Balaban J connectivity index is 1.40. The van der Waals surface area contributed by atoms with Crippen molar-refractivity contribution in [3.8, 4) is 0 Å². The zero-order chi connectivity index (χ0) is 18.0. The Morgan fingerprint density at radius 1 is 1.19 bits per heavy atom. The number of imidazole rings is 1. The zero-order valence-corrected chi connectivity index (χ0v) is 15.4. The molecule has 2 aliphatic heterocycles. The van der Waals surface area contributed by atoms with E-state index in [4.69, 9.17) is 4.98 Å². The lowest BCUT2D eigenvalue weighted by molar-refractivity contribution is 0.0122. The summed E-state index contributed by atoms with van der Waals surface area (Å²) < 4.78 is 13.0. The van der Waals surface area contributed by atoms with Crippen LogP contribution in [0.2, 0.25) is 0 Å². The number of hydrogen-bond donors (Lipinski definition) is 1. The Labute approximate surface area is 154 Å². The van der Waals surface area contributed by atoms with E-state index in [2.05, 4.69) is 33.9 Å². The Morgan fingerprint density at radius 2 is 1.96 bits per heavy atom. The van der Waals surface area contributed by atoms with Gasteiger partial charge in [0.25, 0.3) is 0 Å². The third-order valence-electron chi connectivity index (χ3n) is 6.00. The monoisotopic (exact) mass is 354 g/mol. The van der Waals surface area contributed by atoms with Crippen LogP contribution < -0.4 is 0 Å². The number of aromatic nitrogens is 2. The van der Waals surface area contributed by atoms with Crippen LogP contribution in [0.1, 0.15) is 36.7 Å². The van der Waals surface area contributed by atoms with Gasteiger partial charge in [0, 0.05) is 38.3 Å². The molecule has 0 atom stereocenters. The van der Waals surface area contributed by atoms with Crippen LogP contribution in [0.15, 0.2) is 36.7 Å². The van der Waals surface area contributed by atoms with E-state index in [1.54, 1.807) is 0 Å². The number of aromatic amines is 1. The van der Waals surface area contributed by atoms with E-state index >= 15 is 0 Å². The smallest absolute Gasteiger partial charge is 0.123 e. The largest absolute Gasteiger partial charge is 0.348 e. The van der Waals surface area contributed by atoms with Crippen molar-refractivity contribution in [3.05, 3.63) is 59.4 Å². The quantitative estimate of drug-likeness (QED) is 0.914. The van der Waals surface area contributed by atoms with E-state index < -0.39 is 0 Å². The van der Waals surface area contributed by atoms with Crippen molar-refractivity contribution in [2.24, 2.45) is 0 Å². The third-order valence-corrected chi connectivity index (χ3v) is 6.00. The summed E-state index contributed by atoms with van der Waals surface area (Å²) in [6.45, 7) is 7.56. The molecule has 26 heavy (non-hydrogen) atoms. The van der Waals surface area contributed by atoms with Crippen LogP contribution in [0.3, 0.4) is 0 Å². The normalized spacial score (nSPS) is 20.7. The van der Waals surface area contributed by atoms with Gasteiger partial charge in [0.15, 0.2) is 0 Å². The molecule has 0 amide bonds. The molecule has 1 saturated heterocycles. The van der Waals surface area contributed by atoms with Gasteiger partial charge in [-0.3, -0.25) is 9.80 Å². The van der Waals surface area contributed by atoms with Crippen molar-refractivity contribution in [1.82, 2.24) is 19.8 Å². The van der Waals surface area contributed by atoms with Crippen LogP contribution >= 0.6 is 0 Å². The van der Waals surface area contributed by atoms with Gasteiger partial charge in [-0.05, 0) is 37.1 Å². The summed E-state index contributed by atoms with van der Waals surface area (Å²) in [4.78, 5) is 13.2. The highest BCUT2D eigenvalue weighted by Crippen LogP contribution is 2.41. The molecule has 3 heterocycles. The zero-order valence-electron chi connectivity index (χ0n) is 15.4. The van der Waals surface area contributed by atoms with E-state index in [1.165, 1.54) is 23.5 Å². The molecule has 0 aliphatic carbocycles. The molecule has 5 heteroatoms. The fraction of sp³-hybridized carbons (Fsp3) is 0.476. The number of fused-ring (bicyclic) bond motifs is 2. The molecule has 0 saturated carbocycles. The lowest BCUT2D eigenvalue weighted by atomic mass is 9.79. The van der Waals surface area contributed by atoms with Gasteiger partial charge >= 0.3 is 0 Å². The summed E-state index contributed by atoms with van der Waals surface area (Å²) in [7, 11) is 0. The number of rotatable bonds is 4. The van der Waals surface area contributed by atoms with Crippen molar-refractivity contribution >= 4 is 6.08 Å². The summed E-state index contributed by atoms with van der Waals surface area (Å²) in [6.07, 6.45) is 9.46. The van der Waals surface area contributed by atoms with Crippen molar-refractivity contribution < 1.29 is 4.39 Å². The van der Waals surface area contributed by atoms with Crippen LogP contribution in [0.5, 0.6) is 0 Å². The van der Waals surface area contributed by atoms with Gasteiger partial charge in [0.1, 0.15) is 5.82 Å². The minimum atomic E-state index is -0.186. The lowest BCUT2D eigenvalue weighted by Crippen LogP contribution is -2.56. The first-order valence-corrected chi connectivity index (χ1v) is 9.63. The summed E-state index contributed by atoms with van der Waals surface area (Å²) >= 11 is 0. The second kappa shape index (κ2) is 7.33. The van der Waals surface area contributed by atoms with Crippen LogP contribution in [-0.4, -0.2) is 52.5 Å². The summed E-state index contributed by atoms with van der Waals surface area (Å²) in [5.74, 6) is -0.186. The first-order valence-electron chi connectivity index (χ1n) is 9.63. The molecule has 0 unspecified atom stereocenters. The van der Waals surface area contributed by atoms with Gasteiger partial charge < -0.3 is 4.98 Å². The van der Waals surface area contributed by atoms with Crippen LogP contribution in [0.25, 0.3) is 6.08 Å². The molecular formula is C21H27FN4. The molecule has 1 spiro atoms. The Bertz CT molecular complexity index is 757. The van der Waals surface area contributed by atoms with Gasteiger partial charge in [-0.15, -0.1) is 0 Å². The number of halogens is 1. The molecular weight excluding hydrogens is 327 g/mol. The first kappa shape index (κ1) is 17.4. The molecule has 4 rings (SSSR count). The number of piperidine rings is 1. The number of nitrogens with one attached hydrogen (secondary N) is 1. The van der Waals surface area contributed by atoms with E-state index in [9.17, 15) is 4.39 Å². The number of benzene rings is 1. The van der Waals surface area contributed by atoms with E-state index in [-0.39, 0.29) is 11.4 Å². The molecule has 0 bridgehead atoms. The lowest BCUT2D eigenvalue weighted by Gasteiger charge is -2.50. The maximum absolute atomic E-state index is 13.0. The average molecular weight is 354 g/mol. The molecule has 2 aliphatic rings. The van der Waals surface area contributed by atoms with Crippen molar-refractivity contribution in [2.45, 2.75) is 31.7 Å². The van der Waals surface area contributed by atoms with Crippen LogP contribution in [0.4, 0.5) is 4.39 Å². The maximum Gasteiger partial charge on any atom is 0.123 e. The van der Waals surface area contributed by atoms with Gasteiger partial charge in [-0.2, -0.15) is 0 Å². The van der Waals surface area contributed by atoms with Gasteiger partial charge in [0.05, 0.1) is 17.6 Å². The number of hydrogen-bond acceptors (Lipinski definition) is 3. The molecule has 1 fully saturated rings. The second-order valence-corrected chi connectivity index (χ2v) is 7.35.